The second-order valence-electron chi connectivity index (χ2n) is 5.57. The number of anilines is 1. The van der Waals surface area contributed by atoms with Crippen LogP contribution < -0.4 is 10.1 Å². The van der Waals surface area contributed by atoms with Crippen molar-refractivity contribution in [2.45, 2.75) is 18.9 Å². The molecule has 3 saturated heterocycles. The van der Waals surface area contributed by atoms with Gasteiger partial charge < -0.3 is 15.0 Å². The van der Waals surface area contributed by atoms with Crippen LogP contribution in [0.4, 0.5) is 11.4 Å². The second-order valence-corrected chi connectivity index (χ2v) is 5.57. The number of ether oxygens (including phenoxy) is 1. The summed E-state index contributed by atoms with van der Waals surface area (Å²) >= 11 is 0. The number of hydrogen-bond acceptors (Lipinski definition) is 5. The molecule has 0 radical (unpaired) electrons. The van der Waals surface area contributed by atoms with Gasteiger partial charge in [0.15, 0.2) is 0 Å². The highest BCUT2D eigenvalue weighted by Crippen LogP contribution is 2.32. The molecule has 20 heavy (non-hydrogen) atoms. The minimum atomic E-state index is -0.385. The summed E-state index contributed by atoms with van der Waals surface area (Å²) in [6.07, 6.45) is 2.42. The quantitative estimate of drug-likeness (QED) is 0.674. The van der Waals surface area contributed by atoms with Gasteiger partial charge in [0.1, 0.15) is 5.75 Å². The van der Waals surface area contributed by atoms with Crippen LogP contribution >= 0.6 is 0 Å². The normalized spacial score (nSPS) is 28.1. The van der Waals surface area contributed by atoms with Gasteiger partial charge in [0.05, 0.1) is 18.1 Å². The van der Waals surface area contributed by atoms with Gasteiger partial charge in [0.2, 0.25) is 0 Å². The van der Waals surface area contributed by atoms with Gasteiger partial charge in [-0.2, -0.15) is 0 Å². The number of piperidine rings is 3. The number of nitro groups is 1. The lowest BCUT2D eigenvalue weighted by Gasteiger charge is -2.45. The predicted molar refractivity (Wildman–Crippen MR) is 76.2 cm³/mol. The van der Waals surface area contributed by atoms with E-state index in [2.05, 4.69) is 10.2 Å². The Balaban J connectivity index is 1.79. The molecule has 6 heteroatoms. The molecule has 0 saturated carbocycles. The summed E-state index contributed by atoms with van der Waals surface area (Å²) in [5.74, 6) is 1.19. The molecule has 4 rings (SSSR count). The van der Waals surface area contributed by atoms with Crippen molar-refractivity contribution in [1.82, 2.24) is 4.90 Å². The van der Waals surface area contributed by atoms with Crippen LogP contribution in [-0.4, -0.2) is 42.6 Å². The van der Waals surface area contributed by atoms with Crippen LogP contribution in [0.1, 0.15) is 12.8 Å². The molecule has 0 aliphatic carbocycles. The average Bonchev–Trinajstić information content (AvgIpc) is 2.48. The fourth-order valence-corrected chi connectivity index (χ4v) is 3.23. The van der Waals surface area contributed by atoms with E-state index in [1.54, 1.807) is 6.07 Å². The number of non-ortho nitro benzene ring substituents is 1. The van der Waals surface area contributed by atoms with Crippen molar-refractivity contribution in [2.75, 3.05) is 32.1 Å². The fourth-order valence-electron chi connectivity index (χ4n) is 3.23. The largest absolute Gasteiger partial charge is 0.496 e. The smallest absolute Gasteiger partial charge is 0.275 e. The maximum absolute atomic E-state index is 11.0. The number of nitro benzene ring substituents is 1. The predicted octanol–water partition coefficient (Wildman–Crippen LogP) is 2.11. The first kappa shape index (κ1) is 13.2. The van der Waals surface area contributed by atoms with Crippen molar-refractivity contribution < 1.29 is 9.66 Å². The van der Waals surface area contributed by atoms with E-state index < -0.39 is 0 Å². The first-order valence-corrected chi connectivity index (χ1v) is 6.98. The maximum Gasteiger partial charge on any atom is 0.275 e. The van der Waals surface area contributed by atoms with Crippen LogP contribution in [0.25, 0.3) is 0 Å². The summed E-state index contributed by atoms with van der Waals surface area (Å²) in [5, 5.41) is 14.4. The molecule has 2 bridgehead atoms. The molecule has 1 atom stereocenters. The number of rotatable bonds is 4. The summed E-state index contributed by atoms with van der Waals surface area (Å²) in [6, 6.07) is 5.23. The Bertz CT molecular complexity index is 512. The second kappa shape index (κ2) is 5.28. The molecule has 3 aliphatic rings. The highest BCUT2D eigenvalue weighted by Gasteiger charge is 2.34. The van der Waals surface area contributed by atoms with Crippen LogP contribution in [0.3, 0.4) is 0 Å². The summed E-state index contributed by atoms with van der Waals surface area (Å²) in [6.45, 7) is 3.39. The van der Waals surface area contributed by atoms with Crippen LogP contribution in [0.5, 0.6) is 5.75 Å². The van der Waals surface area contributed by atoms with Crippen molar-refractivity contribution in [2.24, 2.45) is 5.92 Å². The van der Waals surface area contributed by atoms with Gasteiger partial charge in [-0.05, 0) is 31.8 Å². The van der Waals surface area contributed by atoms with Gasteiger partial charge in [-0.15, -0.1) is 0 Å². The third kappa shape index (κ3) is 2.56. The molecule has 1 unspecified atom stereocenters. The molecule has 6 nitrogen and oxygen atoms in total. The van der Waals surface area contributed by atoms with E-state index in [-0.39, 0.29) is 10.6 Å². The highest BCUT2D eigenvalue weighted by atomic mass is 16.6. The number of hydrogen-bond donors (Lipinski definition) is 1. The Kier molecular flexibility index (Phi) is 3.48. The Morgan fingerprint density at radius 1 is 1.35 bits per heavy atom. The van der Waals surface area contributed by atoms with Crippen LogP contribution in [0.15, 0.2) is 18.2 Å². The van der Waals surface area contributed by atoms with E-state index in [1.807, 2.05) is 6.07 Å². The van der Waals surface area contributed by atoms with E-state index in [9.17, 15) is 10.1 Å². The Labute approximate surface area is 117 Å². The van der Waals surface area contributed by atoms with E-state index in [0.717, 1.165) is 12.2 Å². The zero-order chi connectivity index (χ0) is 14.1. The third-order valence-electron chi connectivity index (χ3n) is 4.35. The zero-order valence-electron chi connectivity index (χ0n) is 11.5. The first-order chi connectivity index (χ1) is 9.65. The lowest BCUT2D eigenvalue weighted by molar-refractivity contribution is -0.384. The Morgan fingerprint density at radius 2 is 2.10 bits per heavy atom. The molecule has 108 valence electrons. The molecule has 3 heterocycles. The molecular weight excluding hydrogens is 258 g/mol. The maximum atomic E-state index is 11.0. The van der Waals surface area contributed by atoms with Crippen LogP contribution in [-0.2, 0) is 0 Å². The first-order valence-electron chi connectivity index (χ1n) is 6.98. The topological polar surface area (TPSA) is 67.6 Å². The van der Waals surface area contributed by atoms with Gasteiger partial charge in [-0.3, -0.25) is 10.1 Å². The summed E-state index contributed by atoms with van der Waals surface area (Å²) in [4.78, 5) is 13.0. The molecule has 1 N–H and O–H groups in total. The van der Waals surface area contributed by atoms with Crippen molar-refractivity contribution in [3.05, 3.63) is 28.3 Å². The number of benzene rings is 1. The summed E-state index contributed by atoms with van der Waals surface area (Å²) < 4.78 is 5.14. The molecule has 3 aliphatic heterocycles. The Morgan fingerprint density at radius 3 is 2.65 bits per heavy atom. The minimum absolute atomic E-state index is 0.0631. The molecule has 1 aromatic carbocycles. The number of methoxy groups -OCH3 is 1. The van der Waals surface area contributed by atoms with Crippen molar-refractivity contribution in [3.63, 3.8) is 0 Å². The van der Waals surface area contributed by atoms with Crippen molar-refractivity contribution in [3.8, 4) is 5.75 Å². The molecule has 3 fully saturated rings. The van der Waals surface area contributed by atoms with Gasteiger partial charge in [0.25, 0.3) is 5.69 Å². The molecule has 0 amide bonds. The standard InChI is InChI=1S/C14H19N3O3/c1-20-13-7-11(6-12(8-13)17(18)19)15-14-9-16-4-2-10(14)3-5-16/h6-8,10,14-15H,2-5,9H2,1H3. The van der Waals surface area contributed by atoms with Crippen molar-refractivity contribution in [1.29, 1.82) is 0 Å². The van der Waals surface area contributed by atoms with Crippen LogP contribution in [0, 0.1) is 16.0 Å². The average molecular weight is 277 g/mol. The Hall–Kier alpha value is -1.82. The third-order valence-corrected chi connectivity index (χ3v) is 4.35. The van der Waals surface area contributed by atoms with Gasteiger partial charge in [-0.25, -0.2) is 0 Å². The van der Waals surface area contributed by atoms with Crippen LogP contribution in [0.2, 0.25) is 0 Å². The molecular formula is C14H19N3O3. The SMILES string of the molecule is COc1cc(NC2CN3CCC2CC3)cc([N+](=O)[O-])c1. The van der Waals surface area contributed by atoms with Gasteiger partial charge in [0, 0.05) is 30.4 Å². The highest BCUT2D eigenvalue weighted by molar-refractivity contribution is 5.57. The number of nitrogens with one attached hydrogen (secondary N) is 1. The van der Waals surface area contributed by atoms with E-state index in [4.69, 9.17) is 4.74 Å². The van der Waals surface area contributed by atoms with E-state index in [1.165, 1.54) is 39.1 Å². The van der Waals surface area contributed by atoms with E-state index in [0.29, 0.717) is 17.7 Å². The summed E-state index contributed by atoms with van der Waals surface area (Å²) in [7, 11) is 1.52. The van der Waals surface area contributed by atoms with Gasteiger partial charge >= 0.3 is 0 Å². The summed E-state index contributed by atoms with van der Waals surface area (Å²) in [5.41, 5.74) is 0.836. The molecule has 1 aromatic rings. The fraction of sp³-hybridized carbons (Fsp3) is 0.571. The number of fused-ring (bicyclic) bond motifs is 3. The minimum Gasteiger partial charge on any atom is -0.496 e. The molecule has 0 aromatic heterocycles. The monoisotopic (exact) mass is 277 g/mol. The zero-order valence-corrected chi connectivity index (χ0v) is 11.5. The lowest BCUT2D eigenvalue weighted by atomic mass is 9.84. The lowest BCUT2D eigenvalue weighted by Crippen LogP contribution is -2.53. The number of nitrogens with zero attached hydrogens (tertiary/aromatic N) is 2. The van der Waals surface area contributed by atoms with Crippen molar-refractivity contribution >= 4 is 11.4 Å². The molecule has 0 spiro atoms. The van der Waals surface area contributed by atoms with Gasteiger partial charge in [-0.1, -0.05) is 0 Å². The van der Waals surface area contributed by atoms with E-state index >= 15 is 0 Å².